The van der Waals surface area contributed by atoms with Crippen molar-refractivity contribution in [1.82, 2.24) is 4.90 Å². The number of carbonyl (C=O) groups is 1. The van der Waals surface area contributed by atoms with Crippen LogP contribution in [0.1, 0.15) is 19.8 Å². The lowest BCUT2D eigenvalue weighted by Crippen LogP contribution is -2.39. The summed E-state index contributed by atoms with van der Waals surface area (Å²) in [4.78, 5) is 14.1. The highest BCUT2D eigenvalue weighted by Crippen LogP contribution is 2.31. The van der Waals surface area contributed by atoms with Crippen molar-refractivity contribution >= 4 is 6.09 Å². The molecule has 1 aliphatic rings. The number of benzene rings is 2. The van der Waals surface area contributed by atoms with Crippen LogP contribution in [0, 0.1) is 5.92 Å². The van der Waals surface area contributed by atoms with Crippen LogP contribution in [0.5, 0.6) is 17.2 Å². The van der Waals surface area contributed by atoms with Gasteiger partial charge in [-0.1, -0.05) is 37.3 Å². The van der Waals surface area contributed by atoms with Crippen molar-refractivity contribution in [2.24, 2.45) is 5.92 Å². The minimum Gasteiger partial charge on any atom is -0.453 e. The zero-order chi connectivity index (χ0) is 16.1. The molecule has 1 amide bonds. The molecule has 0 N–H and O–H groups in total. The smallest absolute Gasteiger partial charge is 0.415 e. The van der Waals surface area contributed by atoms with E-state index in [0.29, 0.717) is 23.2 Å². The van der Waals surface area contributed by atoms with Gasteiger partial charge in [0.15, 0.2) is 11.5 Å². The molecule has 0 bridgehead atoms. The Morgan fingerprint density at radius 1 is 0.957 bits per heavy atom. The first kappa shape index (κ1) is 15.4. The second-order valence-electron chi connectivity index (χ2n) is 5.90. The Hall–Kier alpha value is -2.49. The number of rotatable bonds is 3. The summed E-state index contributed by atoms with van der Waals surface area (Å²) < 4.78 is 11.4. The van der Waals surface area contributed by atoms with E-state index in [4.69, 9.17) is 9.47 Å². The fourth-order valence-electron chi connectivity index (χ4n) is 2.58. The summed E-state index contributed by atoms with van der Waals surface area (Å²) in [5, 5.41) is 0. The Balaban J connectivity index is 1.69. The molecule has 4 heteroatoms. The van der Waals surface area contributed by atoms with Crippen LogP contribution < -0.4 is 9.47 Å². The van der Waals surface area contributed by atoms with E-state index < -0.39 is 0 Å². The minimum absolute atomic E-state index is 0.305. The first-order chi connectivity index (χ1) is 11.2. The number of amides is 1. The highest BCUT2D eigenvalue weighted by atomic mass is 16.6. The van der Waals surface area contributed by atoms with Crippen LogP contribution in [0.25, 0.3) is 0 Å². The molecule has 0 atom stereocenters. The zero-order valence-corrected chi connectivity index (χ0v) is 13.3. The van der Waals surface area contributed by atoms with Crippen LogP contribution in [-0.2, 0) is 0 Å². The molecule has 23 heavy (non-hydrogen) atoms. The maximum absolute atomic E-state index is 12.3. The summed E-state index contributed by atoms with van der Waals surface area (Å²) in [5.41, 5.74) is 0. The van der Waals surface area contributed by atoms with Crippen LogP contribution in [0.15, 0.2) is 54.6 Å². The van der Waals surface area contributed by atoms with Crippen molar-refractivity contribution in [3.8, 4) is 17.2 Å². The van der Waals surface area contributed by atoms with Crippen molar-refractivity contribution in [1.29, 1.82) is 0 Å². The fourth-order valence-corrected chi connectivity index (χ4v) is 2.58. The highest BCUT2D eigenvalue weighted by Gasteiger charge is 2.22. The Labute approximate surface area is 136 Å². The third kappa shape index (κ3) is 4.03. The Kier molecular flexibility index (Phi) is 4.81. The Bertz CT molecular complexity index is 649. The van der Waals surface area contributed by atoms with E-state index in [1.165, 1.54) is 0 Å². The van der Waals surface area contributed by atoms with Gasteiger partial charge in [-0.3, -0.25) is 0 Å². The maximum Gasteiger partial charge on any atom is 0.415 e. The summed E-state index contributed by atoms with van der Waals surface area (Å²) in [6.45, 7) is 3.72. The monoisotopic (exact) mass is 311 g/mol. The topological polar surface area (TPSA) is 38.8 Å². The summed E-state index contributed by atoms with van der Waals surface area (Å²) in [6, 6.07) is 16.7. The standard InChI is InChI=1S/C19H21NO3/c1-15-11-13-20(14-12-15)19(21)23-18-10-6-5-9-17(18)22-16-7-3-2-4-8-16/h2-10,15H,11-14H2,1H3. The molecular formula is C19H21NO3. The van der Waals surface area contributed by atoms with Gasteiger partial charge in [0.2, 0.25) is 0 Å². The number of carbonyl (C=O) groups excluding carboxylic acids is 1. The van der Waals surface area contributed by atoms with Gasteiger partial charge >= 0.3 is 6.09 Å². The Morgan fingerprint density at radius 2 is 1.57 bits per heavy atom. The summed E-state index contributed by atoms with van der Waals surface area (Å²) in [7, 11) is 0. The van der Waals surface area contributed by atoms with Gasteiger partial charge in [-0.15, -0.1) is 0 Å². The first-order valence-electron chi connectivity index (χ1n) is 8.01. The van der Waals surface area contributed by atoms with E-state index in [1.807, 2.05) is 42.5 Å². The van der Waals surface area contributed by atoms with Crippen LogP contribution in [-0.4, -0.2) is 24.1 Å². The van der Waals surface area contributed by atoms with Crippen molar-refractivity contribution < 1.29 is 14.3 Å². The van der Waals surface area contributed by atoms with Crippen molar-refractivity contribution in [3.05, 3.63) is 54.6 Å². The number of piperidine rings is 1. The Morgan fingerprint density at radius 3 is 2.26 bits per heavy atom. The van der Waals surface area contributed by atoms with Gasteiger partial charge in [-0.05, 0) is 43.0 Å². The second kappa shape index (κ2) is 7.18. The van der Waals surface area contributed by atoms with E-state index in [1.54, 1.807) is 17.0 Å². The lowest BCUT2D eigenvalue weighted by atomic mass is 10.00. The van der Waals surface area contributed by atoms with E-state index in [9.17, 15) is 4.79 Å². The molecule has 2 aromatic carbocycles. The lowest BCUT2D eigenvalue weighted by Gasteiger charge is -2.29. The molecule has 0 saturated carbocycles. The normalized spacial score (nSPS) is 15.3. The number of ether oxygens (including phenoxy) is 2. The van der Waals surface area contributed by atoms with Crippen LogP contribution in [0.4, 0.5) is 4.79 Å². The molecule has 0 radical (unpaired) electrons. The molecule has 0 unspecified atom stereocenters. The second-order valence-corrected chi connectivity index (χ2v) is 5.90. The zero-order valence-electron chi connectivity index (χ0n) is 13.3. The molecule has 2 aromatic rings. The van der Waals surface area contributed by atoms with Gasteiger partial charge in [-0.25, -0.2) is 4.79 Å². The van der Waals surface area contributed by atoms with E-state index >= 15 is 0 Å². The average Bonchev–Trinajstić information content (AvgIpc) is 2.58. The van der Waals surface area contributed by atoms with Gasteiger partial charge in [0.1, 0.15) is 5.75 Å². The number of hydrogen-bond donors (Lipinski definition) is 0. The first-order valence-corrected chi connectivity index (χ1v) is 8.01. The molecule has 3 rings (SSSR count). The summed E-state index contributed by atoms with van der Waals surface area (Å²) >= 11 is 0. The largest absolute Gasteiger partial charge is 0.453 e. The number of nitrogens with zero attached hydrogens (tertiary/aromatic N) is 1. The quantitative estimate of drug-likeness (QED) is 0.824. The van der Waals surface area contributed by atoms with Gasteiger partial charge in [0, 0.05) is 13.1 Å². The minimum atomic E-state index is -0.305. The molecule has 0 aliphatic carbocycles. The lowest BCUT2D eigenvalue weighted by molar-refractivity contribution is 0.132. The van der Waals surface area contributed by atoms with E-state index in [-0.39, 0.29) is 6.09 Å². The highest BCUT2D eigenvalue weighted by molar-refractivity contribution is 5.71. The van der Waals surface area contributed by atoms with E-state index in [2.05, 4.69) is 6.92 Å². The molecule has 0 spiro atoms. The fraction of sp³-hybridized carbons (Fsp3) is 0.316. The van der Waals surface area contributed by atoms with Crippen LogP contribution in [0.2, 0.25) is 0 Å². The molecule has 1 heterocycles. The predicted octanol–water partition coefficient (Wildman–Crippen LogP) is 4.71. The number of likely N-dealkylation sites (tertiary alicyclic amines) is 1. The summed E-state index contributed by atoms with van der Waals surface area (Å²) in [5.74, 6) is 2.37. The molecule has 4 nitrogen and oxygen atoms in total. The van der Waals surface area contributed by atoms with Gasteiger partial charge in [0.05, 0.1) is 0 Å². The number of hydrogen-bond acceptors (Lipinski definition) is 3. The van der Waals surface area contributed by atoms with Crippen LogP contribution in [0.3, 0.4) is 0 Å². The van der Waals surface area contributed by atoms with Crippen molar-refractivity contribution in [2.75, 3.05) is 13.1 Å². The predicted molar refractivity (Wildman–Crippen MR) is 89.0 cm³/mol. The summed E-state index contributed by atoms with van der Waals surface area (Å²) in [6.07, 6.45) is 1.75. The van der Waals surface area contributed by atoms with E-state index in [0.717, 1.165) is 25.9 Å². The van der Waals surface area contributed by atoms with Crippen molar-refractivity contribution in [3.63, 3.8) is 0 Å². The SMILES string of the molecule is CC1CCN(C(=O)Oc2ccccc2Oc2ccccc2)CC1. The van der Waals surface area contributed by atoms with Gasteiger partial charge < -0.3 is 14.4 Å². The van der Waals surface area contributed by atoms with Gasteiger partial charge in [0.25, 0.3) is 0 Å². The van der Waals surface area contributed by atoms with Crippen molar-refractivity contribution in [2.45, 2.75) is 19.8 Å². The van der Waals surface area contributed by atoms with Crippen LogP contribution >= 0.6 is 0 Å². The number of para-hydroxylation sites is 3. The third-order valence-electron chi connectivity index (χ3n) is 4.06. The molecule has 120 valence electrons. The average molecular weight is 311 g/mol. The molecule has 1 saturated heterocycles. The molecule has 1 aliphatic heterocycles. The maximum atomic E-state index is 12.3. The molecule has 1 fully saturated rings. The third-order valence-corrected chi connectivity index (χ3v) is 4.06. The molecule has 0 aromatic heterocycles. The molecular weight excluding hydrogens is 290 g/mol. The van der Waals surface area contributed by atoms with Gasteiger partial charge in [-0.2, -0.15) is 0 Å².